The largest absolute Gasteiger partial charge is 0.455 e. The maximum absolute atomic E-state index is 12.3. The van der Waals surface area contributed by atoms with E-state index in [1.165, 1.54) is 0 Å². The molecule has 0 N–H and O–H groups in total. The molecule has 0 aliphatic rings. The van der Waals surface area contributed by atoms with Gasteiger partial charge in [0, 0.05) is 18.7 Å². The van der Waals surface area contributed by atoms with Crippen LogP contribution in [0.1, 0.15) is 11.1 Å². The molecule has 0 bridgehead atoms. The van der Waals surface area contributed by atoms with Crippen LogP contribution in [-0.2, 0) is 11.3 Å². The predicted molar refractivity (Wildman–Crippen MR) is 81.2 cm³/mol. The van der Waals surface area contributed by atoms with E-state index in [1.807, 2.05) is 36.6 Å². The lowest BCUT2D eigenvalue weighted by Crippen LogP contribution is -2.03. The average Bonchev–Trinajstić information content (AvgIpc) is 2.94. The zero-order chi connectivity index (χ0) is 14.1. The topological polar surface area (TPSA) is 39.4 Å². The predicted octanol–water partition coefficient (Wildman–Crippen LogP) is 3.98. The molecule has 3 aromatic rings. The Morgan fingerprint density at radius 1 is 1.30 bits per heavy atom. The molecule has 0 saturated carbocycles. The second-order valence-corrected chi connectivity index (χ2v) is 5.63. The Hall–Kier alpha value is -1.91. The summed E-state index contributed by atoms with van der Waals surface area (Å²) in [5.74, 6) is 0.610. The van der Waals surface area contributed by atoms with Gasteiger partial charge in [-0.25, -0.2) is 0 Å². The molecule has 102 valence electrons. The first-order chi connectivity index (χ1) is 9.69. The van der Waals surface area contributed by atoms with Gasteiger partial charge in [-0.3, -0.25) is 4.79 Å². The van der Waals surface area contributed by atoms with Crippen LogP contribution in [0, 0.1) is 6.92 Å². The van der Waals surface area contributed by atoms with Crippen molar-refractivity contribution in [3.63, 3.8) is 0 Å². The molecular formula is C16H14O3S. The van der Waals surface area contributed by atoms with Gasteiger partial charge in [-0.15, -0.1) is 11.3 Å². The Balaban J connectivity index is 2.31. The molecule has 2 heterocycles. The van der Waals surface area contributed by atoms with E-state index in [1.54, 1.807) is 24.5 Å². The molecule has 0 atom stereocenters. The summed E-state index contributed by atoms with van der Waals surface area (Å²) in [6.07, 6.45) is 0. The molecule has 0 aliphatic carbocycles. The summed E-state index contributed by atoms with van der Waals surface area (Å²) >= 11 is 1.55. The van der Waals surface area contributed by atoms with Crippen molar-refractivity contribution in [3.8, 4) is 10.6 Å². The van der Waals surface area contributed by atoms with Crippen LogP contribution in [0.5, 0.6) is 0 Å². The van der Waals surface area contributed by atoms with Crippen LogP contribution in [0.15, 0.2) is 44.9 Å². The lowest BCUT2D eigenvalue weighted by molar-refractivity contribution is 0.185. The fourth-order valence-electron chi connectivity index (χ4n) is 2.29. The fourth-order valence-corrected chi connectivity index (χ4v) is 2.97. The molecule has 0 spiro atoms. The van der Waals surface area contributed by atoms with Gasteiger partial charge in [0.1, 0.15) is 11.3 Å². The third kappa shape index (κ3) is 2.28. The Bertz CT molecular complexity index is 800. The van der Waals surface area contributed by atoms with E-state index in [0.29, 0.717) is 23.3 Å². The van der Waals surface area contributed by atoms with E-state index in [0.717, 1.165) is 16.0 Å². The minimum Gasteiger partial charge on any atom is -0.455 e. The number of ether oxygens (including phenoxy) is 1. The monoisotopic (exact) mass is 286 g/mol. The Morgan fingerprint density at radius 2 is 2.15 bits per heavy atom. The number of hydrogen-bond donors (Lipinski definition) is 0. The molecule has 4 heteroatoms. The summed E-state index contributed by atoms with van der Waals surface area (Å²) in [6.45, 7) is 2.39. The lowest BCUT2D eigenvalue weighted by Gasteiger charge is -2.08. The van der Waals surface area contributed by atoms with Crippen LogP contribution in [-0.4, -0.2) is 7.11 Å². The molecule has 20 heavy (non-hydrogen) atoms. The Kier molecular flexibility index (Phi) is 3.42. The zero-order valence-electron chi connectivity index (χ0n) is 11.3. The highest BCUT2D eigenvalue weighted by Crippen LogP contribution is 2.28. The summed E-state index contributed by atoms with van der Waals surface area (Å²) < 4.78 is 11.2. The van der Waals surface area contributed by atoms with Gasteiger partial charge < -0.3 is 9.15 Å². The molecular weight excluding hydrogens is 272 g/mol. The molecule has 0 amide bonds. The van der Waals surface area contributed by atoms with Gasteiger partial charge >= 0.3 is 0 Å². The van der Waals surface area contributed by atoms with Crippen molar-refractivity contribution in [1.29, 1.82) is 0 Å². The van der Waals surface area contributed by atoms with Crippen LogP contribution >= 0.6 is 11.3 Å². The highest BCUT2D eigenvalue weighted by Gasteiger charge is 2.12. The molecule has 2 aromatic heterocycles. The van der Waals surface area contributed by atoms with E-state index in [4.69, 9.17) is 9.15 Å². The maximum atomic E-state index is 12.3. The summed E-state index contributed by atoms with van der Waals surface area (Å²) in [7, 11) is 1.63. The molecule has 0 fully saturated rings. The summed E-state index contributed by atoms with van der Waals surface area (Å²) in [4.78, 5) is 13.3. The van der Waals surface area contributed by atoms with Crippen molar-refractivity contribution in [2.24, 2.45) is 0 Å². The van der Waals surface area contributed by atoms with Crippen LogP contribution in [0.3, 0.4) is 0 Å². The van der Waals surface area contributed by atoms with Crippen molar-refractivity contribution >= 4 is 22.3 Å². The van der Waals surface area contributed by atoms with Gasteiger partial charge in [0.05, 0.1) is 16.9 Å². The standard InChI is InChI=1S/C16H14O3S/c1-10-6-11(9-18-2)16-12(7-10)13(17)8-14(19-16)15-4-3-5-20-15/h3-8H,9H2,1-2H3. The van der Waals surface area contributed by atoms with Crippen molar-refractivity contribution in [1.82, 2.24) is 0 Å². The van der Waals surface area contributed by atoms with Crippen LogP contribution in [0.4, 0.5) is 0 Å². The van der Waals surface area contributed by atoms with Crippen molar-refractivity contribution in [2.45, 2.75) is 13.5 Å². The molecule has 0 aliphatic heterocycles. The molecule has 3 nitrogen and oxygen atoms in total. The number of hydrogen-bond acceptors (Lipinski definition) is 4. The third-order valence-corrected chi connectivity index (χ3v) is 4.00. The SMILES string of the molecule is COCc1cc(C)cc2c(=O)cc(-c3cccs3)oc12. The third-order valence-electron chi connectivity index (χ3n) is 3.11. The van der Waals surface area contributed by atoms with E-state index < -0.39 is 0 Å². The molecule has 0 saturated heterocycles. The summed E-state index contributed by atoms with van der Waals surface area (Å²) in [5, 5.41) is 2.57. The van der Waals surface area contributed by atoms with E-state index in [9.17, 15) is 4.79 Å². The second kappa shape index (κ2) is 5.23. The lowest BCUT2D eigenvalue weighted by atomic mass is 10.1. The summed E-state index contributed by atoms with van der Waals surface area (Å²) in [6, 6.07) is 9.30. The zero-order valence-corrected chi connectivity index (χ0v) is 12.1. The highest BCUT2D eigenvalue weighted by atomic mass is 32.1. The highest BCUT2D eigenvalue weighted by molar-refractivity contribution is 7.13. The first kappa shape index (κ1) is 13.1. The van der Waals surface area contributed by atoms with Gasteiger partial charge in [-0.1, -0.05) is 6.07 Å². The van der Waals surface area contributed by atoms with Gasteiger partial charge in [0.25, 0.3) is 0 Å². The van der Waals surface area contributed by atoms with E-state index >= 15 is 0 Å². The number of fused-ring (bicyclic) bond motifs is 1. The van der Waals surface area contributed by atoms with Crippen molar-refractivity contribution in [3.05, 3.63) is 57.1 Å². The Labute approximate surface area is 120 Å². The second-order valence-electron chi connectivity index (χ2n) is 4.69. The van der Waals surface area contributed by atoms with Gasteiger partial charge in [-0.2, -0.15) is 0 Å². The van der Waals surface area contributed by atoms with Crippen molar-refractivity contribution in [2.75, 3.05) is 7.11 Å². The number of methoxy groups -OCH3 is 1. The number of aryl methyl sites for hydroxylation is 1. The fraction of sp³-hybridized carbons (Fsp3) is 0.188. The minimum atomic E-state index is -0.0179. The van der Waals surface area contributed by atoms with Crippen LogP contribution < -0.4 is 5.43 Å². The molecule has 0 unspecified atom stereocenters. The van der Waals surface area contributed by atoms with Crippen LogP contribution in [0.2, 0.25) is 0 Å². The number of thiophene rings is 1. The van der Waals surface area contributed by atoms with Crippen molar-refractivity contribution < 1.29 is 9.15 Å². The van der Waals surface area contributed by atoms with E-state index in [-0.39, 0.29) is 5.43 Å². The van der Waals surface area contributed by atoms with Crippen LogP contribution in [0.25, 0.3) is 21.6 Å². The normalized spacial score (nSPS) is 11.1. The van der Waals surface area contributed by atoms with Gasteiger partial charge in [0.2, 0.25) is 0 Å². The number of benzene rings is 1. The maximum Gasteiger partial charge on any atom is 0.193 e. The number of rotatable bonds is 3. The first-order valence-electron chi connectivity index (χ1n) is 6.29. The molecule has 3 rings (SSSR count). The smallest absolute Gasteiger partial charge is 0.193 e. The average molecular weight is 286 g/mol. The molecule has 1 aromatic carbocycles. The van der Waals surface area contributed by atoms with Gasteiger partial charge in [0.15, 0.2) is 5.43 Å². The minimum absolute atomic E-state index is 0.0179. The van der Waals surface area contributed by atoms with Gasteiger partial charge in [-0.05, 0) is 36.1 Å². The summed E-state index contributed by atoms with van der Waals surface area (Å²) in [5.41, 5.74) is 2.53. The Morgan fingerprint density at radius 3 is 2.85 bits per heavy atom. The van der Waals surface area contributed by atoms with E-state index in [2.05, 4.69) is 0 Å². The molecule has 0 radical (unpaired) electrons. The quantitative estimate of drug-likeness (QED) is 0.731. The first-order valence-corrected chi connectivity index (χ1v) is 7.17.